The summed E-state index contributed by atoms with van der Waals surface area (Å²) in [6.07, 6.45) is 3.82. The van der Waals surface area contributed by atoms with Gasteiger partial charge in [-0.25, -0.2) is 4.79 Å². The van der Waals surface area contributed by atoms with Crippen LogP contribution in [-0.2, 0) is 28.9 Å². The summed E-state index contributed by atoms with van der Waals surface area (Å²) in [4.78, 5) is 36.2. The minimum atomic E-state index is -1.35. The summed E-state index contributed by atoms with van der Waals surface area (Å²) in [5, 5.41) is 15.4. The zero-order chi connectivity index (χ0) is 21.6. The number of hydrogen-bond donors (Lipinski definition) is 1. The number of hydrogen-bond acceptors (Lipinski definition) is 6. The Morgan fingerprint density at radius 2 is 1.80 bits per heavy atom. The number of carboxylic acids is 1. The normalized spacial score (nSPS) is 14.8. The summed E-state index contributed by atoms with van der Waals surface area (Å²) in [6, 6.07) is 2.59. The first-order valence-electron chi connectivity index (χ1n) is 10.3. The van der Waals surface area contributed by atoms with Crippen LogP contribution in [-0.4, -0.2) is 17.9 Å². The molecule has 1 aliphatic rings. The number of furan rings is 1. The molecule has 7 heteroatoms. The zero-order valence-electron chi connectivity index (χ0n) is 17.3. The van der Waals surface area contributed by atoms with Crippen molar-refractivity contribution < 1.29 is 23.5 Å². The second kappa shape index (κ2) is 7.63. The first-order chi connectivity index (χ1) is 14.3. The smallest absolute Gasteiger partial charge is 0.340 e. The molecule has 1 aliphatic carbocycles. The van der Waals surface area contributed by atoms with Crippen molar-refractivity contribution in [3.63, 3.8) is 0 Å². The molecule has 158 valence electrons. The minimum absolute atomic E-state index is 0.220. The average Bonchev–Trinajstić information content (AvgIpc) is 3.05. The van der Waals surface area contributed by atoms with Crippen LogP contribution in [0.3, 0.4) is 0 Å². The fourth-order valence-corrected chi connectivity index (χ4v) is 4.23. The third kappa shape index (κ3) is 3.49. The summed E-state index contributed by atoms with van der Waals surface area (Å²) < 4.78 is 11.5. The highest BCUT2D eigenvalue weighted by Crippen LogP contribution is 2.35. The van der Waals surface area contributed by atoms with Gasteiger partial charge in [0.1, 0.15) is 16.9 Å². The topological polar surface area (TPSA) is 113 Å². The van der Waals surface area contributed by atoms with E-state index in [1.807, 2.05) is 6.07 Å². The Labute approximate surface area is 173 Å². The van der Waals surface area contributed by atoms with Gasteiger partial charge in [0.2, 0.25) is 5.91 Å². The van der Waals surface area contributed by atoms with Gasteiger partial charge in [0.25, 0.3) is 0 Å². The summed E-state index contributed by atoms with van der Waals surface area (Å²) in [7, 11) is 0. The van der Waals surface area contributed by atoms with Crippen LogP contribution in [0.4, 0.5) is 0 Å². The predicted octanol–water partition coefficient (Wildman–Crippen LogP) is 2.16. The van der Waals surface area contributed by atoms with E-state index in [4.69, 9.17) is 8.83 Å². The van der Waals surface area contributed by atoms with Crippen molar-refractivity contribution in [1.82, 2.24) is 5.32 Å². The summed E-state index contributed by atoms with van der Waals surface area (Å²) in [5.74, 6) is -1.26. The lowest BCUT2D eigenvalue weighted by Crippen LogP contribution is -2.51. The van der Waals surface area contributed by atoms with Gasteiger partial charge >= 0.3 is 5.63 Å². The molecule has 0 bridgehead atoms. The Bertz CT molecular complexity index is 1220. The van der Waals surface area contributed by atoms with Crippen molar-refractivity contribution in [1.29, 1.82) is 0 Å². The fourth-order valence-electron chi connectivity index (χ4n) is 4.23. The highest BCUT2D eigenvalue weighted by Gasteiger charge is 2.22. The molecule has 4 rings (SSSR count). The first kappa shape index (κ1) is 20.2. The molecule has 0 unspecified atom stereocenters. The molecule has 30 heavy (non-hydrogen) atoms. The lowest BCUT2D eigenvalue weighted by Gasteiger charge is -2.23. The van der Waals surface area contributed by atoms with Gasteiger partial charge in [-0.1, -0.05) is 13.8 Å². The third-order valence-corrected chi connectivity index (χ3v) is 5.94. The number of carboxylic acid groups (broad SMARTS) is 1. The number of amides is 1. The van der Waals surface area contributed by atoms with Gasteiger partial charge in [0, 0.05) is 28.8 Å². The molecule has 0 saturated heterocycles. The average molecular weight is 410 g/mol. The van der Waals surface area contributed by atoms with Crippen molar-refractivity contribution in [2.75, 3.05) is 0 Å². The molecule has 0 spiro atoms. The van der Waals surface area contributed by atoms with Crippen molar-refractivity contribution in [2.45, 2.75) is 58.9 Å². The second-order valence-electron chi connectivity index (χ2n) is 8.33. The standard InChI is InChI=1S/C23H25NO6/c1-11(2)21(22(26)27)24-20(25)9-15-12(3)14-8-16-13-6-4-5-7-17(13)29-19(16)10-18(14)30-23(15)28/h8,10-11,21H,4-7,9H2,1-3H3,(H,24,25)(H,26,27)/p-1/t21-/m0/s1. The molecular weight excluding hydrogens is 386 g/mol. The van der Waals surface area contributed by atoms with Crippen LogP contribution in [0, 0.1) is 12.8 Å². The summed E-state index contributed by atoms with van der Waals surface area (Å²) >= 11 is 0. The molecule has 1 aromatic carbocycles. The third-order valence-electron chi connectivity index (χ3n) is 5.94. The van der Waals surface area contributed by atoms with Gasteiger partial charge in [-0.3, -0.25) is 4.79 Å². The van der Waals surface area contributed by atoms with Crippen LogP contribution >= 0.6 is 0 Å². The lowest BCUT2D eigenvalue weighted by atomic mass is 9.94. The van der Waals surface area contributed by atoms with Crippen LogP contribution in [0.25, 0.3) is 21.9 Å². The van der Waals surface area contributed by atoms with E-state index < -0.39 is 23.5 Å². The van der Waals surface area contributed by atoms with Crippen molar-refractivity contribution in [3.05, 3.63) is 45.0 Å². The van der Waals surface area contributed by atoms with Crippen molar-refractivity contribution in [2.24, 2.45) is 5.92 Å². The Morgan fingerprint density at radius 1 is 1.10 bits per heavy atom. The van der Waals surface area contributed by atoms with Gasteiger partial charge < -0.3 is 24.1 Å². The lowest BCUT2D eigenvalue weighted by molar-refractivity contribution is -0.309. The highest BCUT2D eigenvalue weighted by molar-refractivity contribution is 5.97. The summed E-state index contributed by atoms with van der Waals surface area (Å²) in [5.41, 5.74) is 2.58. The van der Waals surface area contributed by atoms with E-state index in [9.17, 15) is 19.5 Å². The van der Waals surface area contributed by atoms with E-state index in [1.54, 1.807) is 26.8 Å². The quantitative estimate of drug-likeness (QED) is 0.645. The molecular formula is C23H24NO6-. The zero-order valence-corrected chi connectivity index (χ0v) is 17.3. The van der Waals surface area contributed by atoms with Gasteiger partial charge in [-0.05, 0) is 43.7 Å². The molecule has 0 saturated carbocycles. The maximum absolute atomic E-state index is 12.6. The molecule has 3 aromatic rings. The minimum Gasteiger partial charge on any atom is -0.548 e. The van der Waals surface area contributed by atoms with Crippen LogP contribution in [0.1, 0.15) is 49.1 Å². The molecule has 0 fully saturated rings. The van der Waals surface area contributed by atoms with Crippen molar-refractivity contribution >= 4 is 33.8 Å². The number of carbonyl (C=O) groups excluding carboxylic acids is 2. The number of carbonyl (C=O) groups is 2. The van der Waals surface area contributed by atoms with Crippen molar-refractivity contribution in [3.8, 4) is 0 Å². The fraction of sp³-hybridized carbons (Fsp3) is 0.435. The molecule has 0 radical (unpaired) electrons. The largest absolute Gasteiger partial charge is 0.548 e. The van der Waals surface area contributed by atoms with E-state index in [0.717, 1.165) is 42.2 Å². The van der Waals surface area contributed by atoms with Crippen LogP contribution in [0.5, 0.6) is 0 Å². The number of aryl methyl sites for hydroxylation is 3. The highest BCUT2D eigenvalue weighted by atomic mass is 16.4. The van der Waals surface area contributed by atoms with Crippen LogP contribution in [0.2, 0.25) is 0 Å². The van der Waals surface area contributed by atoms with Gasteiger partial charge in [0.15, 0.2) is 0 Å². The van der Waals surface area contributed by atoms with E-state index in [1.165, 1.54) is 5.56 Å². The van der Waals surface area contributed by atoms with E-state index >= 15 is 0 Å². The number of aliphatic carboxylic acids is 1. The first-order valence-corrected chi connectivity index (χ1v) is 10.3. The molecule has 0 aliphatic heterocycles. The molecule has 1 N–H and O–H groups in total. The Kier molecular flexibility index (Phi) is 5.13. The Morgan fingerprint density at radius 3 is 2.50 bits per heavy atom. The maximum atomic E-state index is 12.6. The molecule has 1 amide bonds. The van der Waals surface area contributed by atoms with Gasteiger partial charge in [-0.15, -0.1) is 0 Å². The van der Waals surface area contributed by atoms with Crippen LogP contribution < -0.4 is 16.0 Å². The Balaban J connectivity index is 1.73. The van der Waals surface area contributed by atoms with E-state index in [0.29, 0.717) is 16.7 Å². The SMILES string of the molecule is Cc1c(CC(=O)N[C@H](C(=O)[O-])C(C)C)c(=O)oc2cc3oc4c(c3cc12)CCCC4. The molecule has 7 nitrogen and oxygen atoms in total. The number of rotatable bonds is 5. The van der Waals surface area contributed by atoms with Gasteiger partial charge in [-0.2, -0.15) is 0 Å². The number of fused-ring (bicyclic) bond motifs is 4. The maximum Gasteiger partial charge on any atom is 0.340 e. The molecule has 2 heterocycles. The van der Waals surface area contributed by atoms with Gasteiger partial charge in [0.05, 0.1) is 24.0 Å². The molecule has 1 atom stereocenters. The van der Waals surface area contributed by atoms with E-state index in [2.05, 4.69) is 5.32 Å². The molecule has 2 aromatic heterocycles. The monoisotopic (exact) mass is 410 g/mol. The predicted molar refractivity (Wildman–Crippen MR) is 109 cm³/mol. The Hall–Kier alpha value is -3.09. The number of benzene rings is 1. The number of nitrogens with one attached hydrogen (secondary N) is 1. The van der Waals surface area contributed by atoms with Crippen LogP contribution in [0.15, 0.2) is 25.8 Å². The van der Waals surface area contributed by atoms with E-state index in [-0.39, 0.29) is 17.9 Å². The second-order valence-corrected chi connectivity index (χ2v) is 8.33. The summed E-state index contributed by atoms with van der Waals surface area (Å²) in [6.45, 7) is 5.12.